The van der Waals surface area contributed by atoms with E-state index in [0.29, 0.717) is 22.1 Å². The number of nitrogens with zero attached hydrogens (tertiary/aromatic N) is 1. The number of carbonyl (C=O) groups is 2. The predicted molar refractivity (Wildman–Crippen MR) is 128 cm³/mol. The Morgan fingerprint density at radius 1 is 1.21 bits per heavy atom. The van der Waals surface area contributed by atoms with Gasteiger partial charge in [0.25, 0.3) is 0 Å². The quantitative estimate of drug-likeness (QED) is 0.587. The normalized spacial score (nSPS) is 16.2. The van der Waals surface area contributed by atoms with Crippen molar-refractivity contribution < 1.29 is 18.7 Å². The number of thioether (sulfide) groups is 1. The minimum absolute atomic E-state index is 0.104. The van der Waals surface area contributed by atoms with Crippen LogP contribution in [0.2, 0.25) is 0 Å². The fourth-order valence-corrected chi connectivity index (χ4v) is 4.33. The molecule has 1 atom stereocenters. The molecule has 8 heteroatoms. The van der Waals surface area contributed by atoms with Gasteiger partial charge in [0.2, 0.25) is 5.91 Å². The Labute approximate surface area is 197 Å². The molecular weight excluding hydrogens is 438 g/mol. The van der Waals surface area contributed by atoms with Gasteiger partial charge in [0.15, 0.2) is 0 Å². The first kappa shape index (κ1) is 24.2. The van der Waals surface area contributed by atoms with E-state index in [4.69, 9.17) is 9.15 Å². The second-order valence-corrected chi connectivity index (χ2v) is 9.38. The van der Waals surface area contributed by atoms with Crippen molar-refractivity contribution in [2.24, 2.45) is 0 Å². The van der Waals surface area contributed by atoms with Gasteiger partial charge >= 0.3 is 5.97 Å². The van der Waals surface area contributed by atoms with E-state index in [1.54, 1.807) is 19.1 Å². The monoisotopic (exact) mass is 465 g/mol. The van der Waals surface area contributed by atoms with E-state index in [1.165, 1.54) is 18.0 Å². The SMILES string of the molecule is CCOC(=O)C1=C(c2ccccc2)NC(SCC(=O)NC(C)(C)C)=C(C#N)[C@H]1c1ccco1. The topological polar surface area (TPSA) is 104 Å². The van der Waals surface area contributed by atoms with Crippen molar-refractivity contribution in [1.82, 2.24) is 10.6 Å². The minimum Gasteiger partial charge on any atom is -0.468 e. The lowest BCUT2D eigenvalue weighted by Gasteiger charge is -2.29. The first-order valence-electron chi connectivity index (χ1n) is 10.6. The molecule has 33 heavy (non-hydrogen) atoms. The van der Waals surface area contributed by atoms with Crippen LogP contribution in [-0.4, -0.2) is 29.8 Å². The number of allylic oxidation sites excluding steroid dienone is 1. The summed E-state index contributed by atoms with van der Waals surface area (Å²) in [6.07, 6.45) is 1.50. The molecule has 2 heterocycles. The number of ether oxygens (including phenoxy) is 1. The Kier molecular flexibility index (Phi) is 7.67. The van der Waals surface area contributed by atoms with Crippen LogP contribution >= 0.6 is 11.8 Å². The van der Waals surface area contributed by atoms with Crippen LogP contribution in [0.25, 0.3) is 5.70 Å². The number of rotatable bonds is 7. The number of nitriles is 1. The maximum absolute atomic E-state index is 13.1. The molecule has 7 nitrogen and oxygen atoms in total. The number of dihydropyridines is 1. The number of nitrogens with one attached hydrogen (secondary N) is 2. The molecule has 1 amide bonds. The third-order valence-corrected chi connectivity index (χ3v) is 5.72. The predicted octanol–water partition coefficient (Wildman–Crippen LogP) is 4.32. The standard InChI is InChI=1S/C25H27N3O4S/c1-5-31-24(30)21-20(18-12-9-13-32-18)17(14-26)23(33-15-19(29)28-25(2,3)4)27-22(21)16-10-7-6-8-11-16/h6-13,20,27H,5,15H2,1-4H3,(H,28,29)/t20-/m0/s1. The lowest BCUT2D eigenvalue weighted by atomic mass is 9.84. The number of amides is 1. The Bertz CT molecular complexity index is 1110. The molecule has 2 N–H and O–H groups in total. The van der Waals surface area contributed by atoms with Crippen LogP contribution in [0.4, 0.5) is 0 Å². The van der Waals surface area contributed by atoms with Crippen LogP contribution in [0.5, 0.6) is 0 Å². The van der Waals surface area contributed by atoms with E-state index >= 15 is 0 Å². The highest BCUT2D eigenvalue weighted by Crippen LogP contribution is 2.43. The summed E-state index contributed by atoms with van der Waals surface area (Å²) in [5.74, 6) is -0.912. The minimum atomic E-state index is -0.770. The molecule has 0 fully saturated rings. The summed E-state index contributed by atoms with van der Waals surface area (Å²) in [5.41, 5.74) is 1.49. The highest BCUT2D eigenvalue weighted by molar-refractivity contribution is 8.03. The van der Waals surface area contributed by atoms with Crippen molar-refractivity contribution in [1.29, 1.82) is 5.26 Å². The number of benzene rings is 1. The van der Waals surface area contributed by atoms with E-state index in [-0.39, 0.29) is 29.4 Å². The van der Waals surface area contributed by atoms with Crippen molar-refractivity contribution in [3.8, 4) is 6.07 Å². The molecule has 1 aliphatic rings. The van der Waals surface area contributed by atoms with Gasteiger partial charge in [0, 0.05) is 5.54 Å². The number of hydrogen-bond acceptors (Lipinski definition) is 7. The molecule has 0 saturated heterocycles. The molecule has 1 aliphatic heterocycles. The summed E-state index contributed by atoms with van der Waals surface area (Å²) in [5, 5.41) is 16.8. The largest absolute Gasteiger partial charge is 0.468 e. The smallest absolute Gasteiger partial charge is 0.337 e. The molecular formula is C25H27N3O4S. The second-order valence-electron chi connectivity index (χ2n) is 8.39. The second kappa shape index (κ2) is 10.5. The lowest BCUT2D eigenvalue weighted by Crippen LogP contribution is -2.41. The van der Waals surface area contributed by atoms with Crippen LogP contribution in [0.15, 0.2) is 69.3 Å². The van der Waals surface area contributed by atoms with Crippen molar-refractivity contribution in [2.45, 2.75) is 39.2 Å². The van der Waals surface area contributed by atoms with Crippen LogP contribution < -0.4 is 10.6 Å². The molecule has 2 aromatic rings. The maximum Gasteiger partial charge on any atom is 0.337 e. The van der Waals surface area contributed by atoms with E-state index in [1.807, 2.05) is 51.1 Å². The van der Waals surface area contributed by atoms with Crippen LogP contribution in [-0.2, 0) is 14.3 Å². The molecule has 0 bridgehead atoms. The maximum atomic E-state index is 13.1. The van der Waals surface area contributed by atoms with Crippen LogP contribution in [0.3, 0.4) is 0 Å². The average Bonchev–Trinajstić information content (AvgIpc) is 3.30. The summed E-state index contributed by atoms with van der Waals surface area (Å²) < 4.78 is 11.0. The number of hydrogen-bond donors (Lipinski definition) is 2. The average molecular weight is 466 g/mol. The highest BCUT2D eigenvalue weighted by Gasteiger charge is 2.39. The van der Waals surface area contributed by atoms with Gasteiger partial charge in [-0.3, -0.25) is 4.79 Å². The van der Waals surface area contributed by atoms with Gasteiger partial charge in [-0.05, 0) is 45.4 Å². The fourth-order valence-electron chi connectivity index (χ4n) is 3.49. The number of carbonyl (C=O) groups excluding carboxylic acids is 2. The van der Waals surface area contributed by atoms with E-state index in [2.05, 4.69) is 16.7 Å². The Morgan fingerprint density at radius 3 is 2.52 bits per heavy atom. The van der Waals surface area contributed by atoms with Gasteiger partial charge in [-0.1, -0.05) is 42.1 Å². The fraction of sp³-hybridized carbons (Fsp3) is 0.320. The van der Waals surface area contributed by atoms with E-state index < -0.39 is 11.9 Å². The van der Waals surface area contributed by atoms with E-state index in [0.717, 1.165) is 5.56 Å². The molecule has 0 saturated carbocycles. The van der Waals surface area contributed by atoms with Crippen LogP contribution in [0.1, 0.15) is 44.9 Å². The van der Waals surface area contributed by atoms with Crippen molar-refractivity contribution in [3.63, 3.8) is 0 Å². The molecule has 1 aromatic heterocycles. The van der Waals surface area contributed by atoms with Crippen LogP contribution in [0, 0.1) is 11.3 Å². The Hall–Kier alpha value is -3.44. The molecule has 172 valence electrons. The van der Waals surface area contributed by atoms with Gasteiger partial charge in [0.1, 0.15) is 5.76 Å². The zero-order chi connectivity index (χ0) is 24.0. The number of esters is 1. The molecule has 0 aliphatic carbocycles. The summed E-state index contributed by atoms with van der Waals surface area (Å²) in [6.45, 7) is 7.64. The van der Waals surface area contributed by atoms with E-state index in [9.17, 15) is 14.9 Å². The zero-order valence-corrected chi connectivity index (χ0v) is 19.9. The molecule has 0 radical (unpaired) electrons. The molecule has 3 rings (SSSR count). The third kappa shape index (κ3) is 5.88. The van der Waals surface area contributed by atoms with Crippen molar-refractivity contribution in [3.05, 3.63) is 76.2 Å². The highest BCUT2D eigenvalue weighted by atomic mass is 32.2. The van der Waals surface area contributed by atoms with Gasteiger partial charge < -0.3 is 19.8 Å². The van der Waals surface area contributed by atoms with Crippen molar-refractivity contribution in [2.75, 3.05) is 12.4 Å². The number of furan rings is 1. The summed E-state index contributed by atoms with van der Waals surface area (Å²) in [4.78, 5) is 25.6. The van der Waals surface area contributed by atoms with Gasteiger partial charge in [-0.25, -0.2) is 4.79 Å². The first-order valence-corrected chi connectivity index (χ1v) is 11.6. The summed E-state index contributed by atoms with van der Waals surface area (Å²) >= 11 is 1.21. The third-order valence-electron chi connectivity index (χ3n) is 4.70. The lowest BCUT2D eigenvalue weighted by molar-refractivity contribution is -0.138. The molecule has 0 spiro atoms. The first-order chi connectivity index (χ1) is 15.7. The van der Waals surface area contributed by atoms with Gasteiger partial charge in [-0.2, -0.15) is 5.26 Å². The Morgan fingerprint density at radius 2 is 1.94 bits per heavy atom. The Balaban J connectivity index is 2.10. The summed E-state index contributed by atoms with van der Waals surface area (Å²) in [6, 6.07) is 15.0. The summed E-state index contributed by atoms with van der Waals surface area (Å²) in [7, 11) is 0. The van der Waals surface area contributed by atoms with Gasteiger partial charge in [-0.15, -0.1) is 0 Å². The zero-order valence-electron chi connectivity index (χ0n) is 19.1. The molecule has 0 unspecified atom stereocenters. The van der Waals surface area contributed by atoms with Crippen molar-refractivity contribution >= 4 is 29.3 Å². The van der Waals surface area contributed by atoms with Gasteiger partial charge in [0.05, 0.1) is 52.5 Å². The molecule has 1 aromatic carbocycles.